The Bertz CT molecular complexity index is 1170. The topological polar surface area (TPSA) is 47.4 Å². The minimum atomic E-state index is -0.286. The number of benzene rings is 2. The molecule has 0 bridgehead atoms. The summed E-state index contributed by atoms with van der Waals surface area (Å²) in [4.78, 5) is 19.9. The summed E-state index contributed by atoms with van der Waals surface area (Å²) in [6, 6.07) is 13.8. The fourth-order valence-corrected chi connectivity index (χ4v) is 6.08. The number of carbonyl (C=O) groups excluding carboxylic acids is 1. The van der Waals surface area contributed by atoms with E-state index in [1.165, 1.54) is 17.3 Å². The van der Waals surface area contributed by atoms with Gasteiger partial charge < -0.3 is 14.2 Å². The number of morpholine rings is 1. The fourth-order valence-electron chi connectivity index (χ4n) is 6.08. The molecule has 1 unspecified atom stereocenters. The van der Waals surface area contributed by atoms with Gasteiger partial charge in [0.05, 0.1) is 37.5 Å². The summed E-state index contributed by atoms with van der Waals surface area (Å²) in [6.45, 7) is 3.48. The molecule has 6 heteroatoms. The minimum Gasteiger partial charge on any atom is -0.378 e. The summed E-state index contributed by atoms with van der Waals surface area (Å²) in [5.41, 5.74) is 5.04. The summed E-state index contributed by atoms with van der Waals surface area (Å²) >= 11 is 0. The number of imidazole rings is 1. The summed E-state index contributed by atoms with van der Waals surface area (Å²) in [7, 11) is 0. The normalized spacial score (nSPS) is 24.0. The molecule has 34 heavy (non-hydrogen) atoms. The van der Waals surface area contributed by atoms with Gasteiger partial charge in [-0.2, -0.15) is 0 Å². The SMILES string of the molecule is O=C(CC1c2c(F)cccc2-c2cncn21)C1CCC(c2ccc(N3CCOCC3)cc2)CC1. The lowest BCUT2D eigenvalue weighted by Crippen LogP contribution is -2.36. The van der Waals surface area contributed by atoms with Crippen molar-refractivity contribution in [1.29, 1.82) is 0 Å². The van der Waals surface area contributed by atoms with Crippen LogP contribution >= 0.6 is 0 Å². The second kappa shape index (κ2) is 8.99. The first-order chi connectivity index (χ1) is 16.7. The highest BCUT2D eigenvalue weighted by molar-refractivity contribution is 5.83. The number of ketones is 1. The van der Waals surface area contributed by atoms with Crippen LogP contribution in [0.5, 0.6) is 0 Å². The lowest BCUT2D eigenvalue weighted by Gasteiger charge is -2.31. The minimum absolute atomic E-state index is 0.0617. The molecule has 3 aromatic rings. The number of Topliss-reactive ketones (excluding diaryl/α,β-unsaturated/α-hetero) is 1. The van der Waals surface area contributed by atoms with Crippen LogP contribution in [-0.4, -0.2) is 41.6 Å². The molecule has 0 amide bonds. The monoisotopic (exact) mass is 459 g/mol. The van der Waals surface area contributed by atoms with Crippen LogP contribution in [0.1, 0.15) is 55.2 Å². The van der Waals surface area contributed by atoms with E-state index >= 15 is 0 Å². The Labute approximate surface area is 199 Å². The summed E-state index contributed by atoms with van der Waals surface area (Å²) < 4.78 is 22.1. The van der Waals surface area contributed by atoms with Crippen molar-refractivity contribution in [2.24, 2.45) is 5.92 Å². The second-order valence-corrected chi connectivity index (χ2v) is 9.81. The van der Waals surface area contributed by atoms with E-state index < -0.39 is 0 Å². The summed E-state index contributed by atoms with van der Waals surface area (Å²) in [5, 5.41) is 0. The van der Waals surface area contributed by atoms with E-state index in [0.29, 0.717) is 17.9 Å². The molecule has 3 heterocycles. The van der Waals surface area contributed by atoms with Crippen molar-refractivity contribution in [3.63, 3.8) is 0 Å². The van der Waals surface area contributed by atoms with Crippen molar-refractivity contribution in [2.75, 3.05) is 31.2 Å². The van der Waals surface area contributed by atoms with Gasteiger partial charge >= 0.3 is 0 Å². The molecule has 0 radical (unpaired) electrons. The summed E-state index contributed by atoms with van der Waals surface area (Å²) in [5.74, 6) is 0.587. The Morgan fingerprint density at radius 2 is 1.79 bits per heavy atom. The van der Waals surface area contributed by atoms with Gasteiger partial charge in [-0.05, 0) is 55.4 Å². The fraction of sp³-hybridized carbons (Fsp3) is 0.429. The standard InChI is InChI=1S/C28H30FN3O2/c29-24-3-1-2-23-26-17-30-18-32(26)25(28(23)24)16-27(33)21-6-4-19(5-7-21)20-8-10-22(11-9-20)31-12-14-34-15-13-31/h1-3,8-11,17-19,21,25H,4-7,12-16H2. The van der Waals surface area contributed by atoms with E-state index in [4.69, 9.17) is 4.74 Å². The lowest BCUT2D eigenvalue weighted by atomic mass is 9.76. The number of hydrogen-bond donors (Lipinski definition) is 0. The van der Waals surface area contributed by atoms with Gasteiger partial charge in [-0.15, -0.1) is 0 Å². The molecule has 1 saturated heterocycles. The van der Waals surface area contributed by atoms with E-state index in [0.717, 1.165) is 63.2 Å². The quantitative estimate of drug-likeness (QED) is 0.515. The molecular weight excluding hydrogens is 429 g/mol. The number of rotatable bonds is 5. The molecule has 2 aromatic carbocycles. The van der Waals surface area contributed by atoms with Gasteiger partial charge in [0.1, 0.15) is 11.6 Å². The Kier molecular flexibility index (Phi) is 5.69. The highest BCUT2D eigenvalue weighted by atomic mass is 19.1. The Morgan fingerprint density at radius 1 is 1.03 bits per heavy atom. The van der Waals surface area contributed by atoms with Crippen LogP contribution in [0.3, 0.4) is 0 Å². The van der Waals surface area contributed by atoms with Gasteiger partial charge in [-0.25, -0.2) is 9.37 Å². The van der Waals surface area contributed by atoms with Crippen LogP contribution in [0.25, 0.3) is 11.3 Å². The van der Waals surface area contributed by atoms with Crippen molar-refractivity contribution < 1.29 is 13.9 Å². The molecule has 1 saturated carbocycles. The first-order valence-electron chi connectivity index (χ1n) is 12.4. The van der Waals surface area contributed by atoms with Gasteiger partial charge in [-0.1, -0.05) is 24.3 Å². The zero-order valence-electron chi connectivity index (χ0n) is 19.3. The maximum absolute atomic E-state index is 14.7. The number of hydrogen-bond acceptors (Lipinski definition) is 4. The Morgan fingerprint density at radius 3 is 2.56 bits per heavy atom. The molecule has 6 rings (SSSR count). The van der Waals surface area contributed by atoms with Crippen molar-refractivity contribution in [1.82, 2.24) is 9.55 Å². The first kappa shape index (κ1) is 21.5. The van der Waals surface area contributed by atoms with Crippen LogP contribution < -0.4 is 4.90 Å². The van der Waals surface area contributed by atoms with Crippen LogP contribution in [0.2, 0.25) is 0 Å². The van der Waals surface area contributed by atoms with Gasteiger partial charge in [0.25, 0.3) is 0 Å². The van der Waals surface area contributed by atoms with Crippen LogP contribution in [0.4, 0.5) is 10.1 Å². The molecule has 3 aliphatic rings. The van der Waals surface area contributed by atoms with Gasteiger partial charge in [0.15, 0.2) is 0 Å². The van der Waals surface area contributed by atoms with Crippen molar-refractivity contribution in [3.8, 4) is 11.3 Å². The third kappa shape index (κ3) is 3.84. The zero-order valence-corrected chi connectivity index (χ0v) is 19.3. The molecule has 1 aromatic heterocycles. The molecule has 1 aliphatic carbocycles. The van der Waals surface area contributed by atoms with Gasteiger partial charge in [-0.3, -0.25) is 4.79 Å². The average molecular weight is 460 g/mol. The summed E-state index contributed by atoms with van der Waals surface area (Å²) in [6.07, 6.45) is 7.69. The second-order valence-electron chi connectivity index (χ2n) is 9.81. The largest absolute Gasteiger partial charge is 0.378 e. The van der Waals surface area contributed by atoms with E-state index in [1.54, 1.807) is 18.6 Å². The molecule has 2 aliphatic heterocycles. The van der Waals surface area contributed by atoms with Crippen molar-refractivity contribution in [2.45, 2.75) is 44.1 Å². The lowest BCUT2D eigenvalue weighted by molar-refractivity contribution is -0.124. The van der Waals surface area contributed by atoms with Crippen molar-refractivity contribution >= 4 is 11.5 Å². The van der Waals surface area contributed by atoms with E-state index in [2.05, 4.69) is 34.1 Å². The van der Waals surface area contributed by atoms with Gasteiger partial charge in [0.2, 0.25) is 0 Å². The number of nitrogens with zero attached hydrogens (tertiary/aromatic N) is 3. The zero-order chi connectivity index (χ0) is 23.1. The van der Waals surface area contributed by atoms with E-state index in [9.17, 15) is 9.18 Å². The Hall–Kier alpha value is -2.99. The van der Waals surface area contributed by atoms with Crippen molar-refractivity contribution in [3.05, 3.63) is 71.9 Å². The number of ether oxygens (including phenoxy) is 1. The molecule has 5 nitrogen and oxygen atoms in total. The first-order valence-corrected chi connectivity index (χ1v) is 12.4. The Balaban J connectivity index is 1.09. The average Bonchev–Trinajstić information content (AvgIpc) is 3.48. The molecular formula is C28H30FN3O2. The van der Waals surface area contributed by atoms with Crippen LogP contribution in [0, 0.1) is 11.7 Å². The highest BCUT2D eigenvalue weighted by Gasteiger charge is 2.35. The van der Waals surface area contributed by atoms with Crippen LogP contribution in [-0.2, 0) is 9.53 Å². The number of fused-ring (bicyclic) bond motifs is 3. The van der Waals surface area contributed by atoms with Gasteiger partial charge in [0, 0.05) is 42.2 Å². The molecule has 176 valence electrons. The predicted octanol–water partition coefficient (Wildman–Crippen LogP) is 5.36. The number of carbonyl (C=O) groups is 1. The third-order valence-electron chi connectivity index (χ3n) is 7.98. The number of aromatic nitrogens is 2. The van der Waals surface area contributed by atoms with E-state index in [-0.39, 0.29) is 23.6 Å². The molecule has 2 fully saturated rings. The number of anilines is 1. The smallest absolute Gasteiger partial charge is 0.138 e. The maximum Gasteiger partial charge on any atom is 0.138 e. The van der Waals surface area contributed by atoms with Crippen LogP contribution in [0.15, 0.2) is 55.0 Å². The molecule has 1 atom stereocenters. The number of halogens is 1. The predicted molar refractivity (Wildman–Crippen MR) is 130 cm³/mol. The van der Waals surface area contributed by atoms with E-state index in [1.807, 2.05) is 10.6 Å². The maximum atomic E-state index is 14.7. The molecule has 0 N–H and O–H groups in total. The highest BCUT2D eigenvalue weighted by Crippen LogP contribution is 2.44. The molecule has 0 spiro atoms. The third-order valence-corrected chi connectivity index (χ3v) is 7.98.